The largest absolute Gasteiger partial charge is 0.479 e. The lowest BCUT2D eigenvalue weighted by atomic mass is 10.0. The van der Waals surface area contributed by atoms with Crippen LogP contribution in [-0.4, -0.2) is 34.9 Å². The van der Waals surface area contributed by atoms with Gasteiger partial charge in [-0.25, -0.2) is 4.79 Å². The summed E-state index contributed by atoms with van der Waals surface area (Å²) in [4.78, 5) is 10.6. The van der Waals surface area contributed by atoms with Crippen LogP contribution in [0.5, 0.6) is 0 Å². The van der Waals surface area contributed by atoms with E-state index in [1.807, 2.05) is 0 Å². The fourth-order valence-electron chi connectivity index (χ4n) is 2.22. The van der Waals surface area contributed by atoms with Crippen molar-refractivity contribution in [2.45, 2.75) is 51.0 Å². The lowest BCUT2D eigenvalue weighted by molar-refractivity contribution is -0.156. The zero-order valence-corrected chi connectivity index (χ0v) is 10.0. The lowest BCUT2D eigenvalue weighted by Crippen LogP contribution is -2.45. The molecular formula is C12H23NO3. The van der Waals surface area contributed by atoms with Gasteiger partial charge in [0.25, 0.3) is 0 Å². The van der Waals surface area contributed by atoms with Gasteiger partial charge in [0, 0.05) is 6.54 Å². The van der Waals surface area contributed by atoms with E-state index in [0.29, 0.717) is 0 Å². The quantitative estimate of drug-likeness (QED) is 0.577. The number of carboxylic acids is 1. The summed E-state index contributed by atoms with van der Waals surface area (Å²) >= 11 is 0. The number of aliphatic carboxylic acids is 1. The predicted octanol–water partition coefficient (Wildman–Crippen LogP) is 1.38. The smallest absolute Gasteiger partial charge is 0.336 e. The summed E-state index contributed by atoms with van der Waals surface area (Å²) in [6.07, 6.45) is 7.74. The van der Waals surface area contributed by atoms with Crippen LogP contribution >= 0.6 is 0 Å². The minimum absolute atomic E-state index is 0.118. The molecule has 0 heterocycles. The summed E-state index contributed by atoms with van der Waals surface area (Å²) in [7, 11) is 0. The molecule has 3 N–H and O–H groups in total. The van der Waals surface area contributed by atoms with Crippen molar-refractivity contribution < 1.29 is 15.0 Å². The molecule has 4 nitrogen and oxygen atoms in total. The molecule has 0 aromatic carbocycles. The molecule has 0 amide bonds. The summed E-state index contributed by atoms with van der Waals surface area (Å²) < 4.78 is 0. The second kappa shape index (κ2) is 6.21. The van der Waals surface area contributed by atoms with Gasteiger partial charge >= 0.3 is 5.97 Å². The Kier molecular flexibility index (Phi) is 5.22. The van der Waals surface area contributed by atoms with Crippen molar-refractivity contribution in [2.75, 3.05) is 13.1 Å². The van der Waals surface area contributed by atoms with E-state index in [0.717, 1.165) is 18.9 Å². The molecular weight excluding hydrogens is 206 g/mol. The second-order valence-electron chi connectivity index (χ2n) is 5.05. The van der Waals surface area contributed by atoms with Gasteiger partial charge in [-0.15, -0.1) is 0 Å². The molecule has 0 bridgehead atoms. The first-order valence-electron chi connectivity index (χ1n) is 6.19. The van der Waals surface area contributed by atoms with E-state index in [9.17, 15) is 9.90 Å². The Hall–Kier alpha value is -0.610. The van der Waals surface area contributed by atoms with E-state index in [1.165, 1.54) is 39.0 Å². The molecule has 0 aliphatic heterocycles. The summed E-state index contributed by atoms with van der Waals surface area (Å²) in [6, 6.07) is 0. The van der Waals surface area contributed by atoms with Crippen LogP contribution in [0.15, 0.2) is 0 Å². The Labute approximate surface area is 97.0 Å². The third-order valence-electron chi connectivity index (χ3n) is 3.37. The zero-order valence-electron chi connectivity index (χ0n) is 10.0. The van der Waals surface area contributed by atoms with Crippen LogP contribution in [0, 0.1) is 5.92 Å². The summed E-state index contributed by atoms with van der Waals surface area (Å²) in [5, 5.41) is 21.1. The molecule has 1 aliphatic carbocycles. The van der Waals surface area contributed by atoms with Crippen molar-refractivity contribution in [2.24, 2.45) is 5.92 Å². The van der Waals surface area contributed by atoms with E-state index in [1.54, 1.807) is 0 Å². The third-order valence-corrected chi connectivity index (χ3v) is 3.37. The topological polar surface area (TPSA) is 69.6 Å². The number of nitrogens with one attached hydrogen (secondary N) is 1. The van der Waals surface area contributed by atoms with Crippen LogP contribution in [-0.2, 0) is 4.79 Å². The van der Waals surface area contributed by atoms with Gasteiger partial charge in [-0.3, -0.25) is 0 Å². The van der Waals surface area contributed by atoms with Gasteiger partial charge in [0.05, 0.1) is 0 Å². The van der Waals surface area contributed by atoms with Crippen molar-refractivity contribution >= 4 is 5.97 Å². The maximum atomic E-state index is 10.6. The first kappa shape index (κ1) is 13.5. The first-order chi connectivity index (χ1) is 7.52. The maximum absolute atomic E-state index is 10.6. The second-order valence-corrected chi connectivity index (χ2v) is 5.05. The Morgan fingerprint density at radius 3 is 2.62 bits per heavy atom. The van der Waals surface area contributed by atoms with Crippen molar-refractivity contribution in [3.63, 3.8) is 0 Å². The Balaban J connectivity index is 2.01. The molecule has 1 atom stereocenters. The standard InChI is InChI=1S/C12H23NO3/c1-12(16,11(14)15)9-13-8-4-7-10-5-2-3-6-10/h10,13,16H,2-9H2,1H3,(H,14,15). The number of carboxylic acid groups (broad SMARTS) is 1. The summed E-state index contributed by atoms with van der Waals surface area (Å²) in [5.41, 5.74) is -1.65. The van der Waals surface area contributed by atoms with Gasteiger partial charge in [0.2, 0.25) is 0 Å². The van der Waals surface area contributed by atoms with Crippen LogP contribution in [0.4, 0.5) is 0 Å². The van der Waals surface area contributed by atoms with Crippen LogP contribution in [0.1, 0.15) is 45.4 Å². The summed E-state index contributed by atoms with van der Waals surface area (Å²) in [6.45, 7) is 2.23. The van der Waals surface area contributed by atoms with Gasteiger partial charge in [0.15, 0.2) is 5.60 Å². The van der Waals surface area contributed by atoms with Gasteiger partial charge in [-0.2, -0.15) is 0 Å². The van der Waals surface area contributed by atoms with Crippen molar-refractivity contribution in [1.29, 1.82) is 0 Å². The molecule has 0 spiro atoms. The molecule has 1 saturated carbocycles. The van der Waals surface area contributed by atoms with Crippen LogP contribution in [0.3, 0.4) is 0 Å². The highest BCUT2D eigenvalue weighted by Crippen LogP contribution is 2.28. The molecule has 94 valence electrons. The highest BCUT2D eigenvalue weighted by atomic mass is 16.4. The molecule has 1 rings (SSSR count). The van der Waals surface area contributed by atoms with E-state index >= 15 is 0 Å². The van der Waals surface area contributed by atoms with Crippen LogP contribution in [0.2, 0.25) is 0 Å². The fraction of sp³-hybridized carbons (Fsp3) is 0.917. The monoisotopic (exact) mass is 229 g/mol. The SMILES string of the molecule is CC(O)(CNCCCC1CCCC1)C(=O)O. The van der Waals surface area contributed by atoms with Crippen molar-refractivity contribution in [3.05, 3.63) is 0 Å². The molecule has 1 unspecified atom stereocenters. The number of rotatable bonds is 7. The molecule has 0 aromatic rings. The minimum Gasteiger partial charge on any atom is -0.479 e. The van der Waals surface area contributed by atoms with Crippen molar-refractivity contribution in [3.8, 4) is 0 Å². The fourth-order valence-corrected chi connectivity index (χ4v) is 2.22. The molecule has 16 heavy (non-hydrogen) atoms. The van der Waals surface area contributed by atoms with Crippen molar-refractivity contribution in [1.82, 2.24) is 5.32 Å². The van der Waals surface area contributed by atoms with Gasteiger partial charge in [-0.05, 0) is 32.2 Å². The van der Waals surface area contributed by atoms with Gasteiger partial charge in [0.1, 0.15) is 0 Å². The number of aliphatic hydroxyl groups is 1. The number of hydrogen-bond donors (Lipinski definition) is 3. The van der Waals surface area contributed by atoms with E-state index in [4.69, 9.17) is 5.11 Å². The van der Waals surface area contributed by atoms with Crippen LogP contribution in [0.25, 0.3) is 0 Å². The van der Waals surface area contributed by atoms with Crippen LogP contribution < -0.4 is 5.32 Å². The lowest BCUT2D eigenvalue weighted by Gasteiger charge is -2.18. The van der Waals surface area contributed by atoms with E-state index in [2.05, 4.69) is 5.32 Å². The average molecular weight is 229 g/mol. The van der Waals surface area contributed by atoms with Gasteiger partial charge in [-0.1, -0.05) is 25.7 Å². The number of hydrogen-bond acceptors (Lipinski definition) is 3. The highest BCUT2D eigenvalue weighted by molar-refractivity contribution is 5.76. The Bertz CT molecular complexity index is 222. The first-order valence-corrected chi connectivity index (χ1v) is 6.19. The number of carbonyl (C=O) groups is 1. The minimum atomic E-state index is -1.65. The highest BCUT2D eigenvalue weighted by Gasteiger charge is 2.28. The molecule has 4 heteroatoms. The average Bonchev–Trinajstić information content (AvgIpc) is 2.69. The Morgan fingerprint density at radius 2 is 2.06 bits per heavy atom. The van der Waals surface area contributed by atoms with E-state index < -0.39 is 11.6 Å². The van der Waals surface area contributed by atoms with E-state index in [-0.39, 0.29) is 6.54 Å². The molecule has 1 aliphatic rings. The molecule has 0 radical (unpaired) electrons. The third kappa shape index (κ3) is 4.49. The predicted molar refractivity (Wildman–Crippen MR) is 62.3 cm³/mol. The summed E-state index contributed by atoms with van der Waals surface area (Å²) in [5.74, 6) is -0.294. The van der Waals surface area contributed by atoms with Gasteiger partial charge < -0.3 is 15.5 Å². The molecule has 1 fully saturated rings. The Morgan fingerprint density at radius 1 is 1.44 bits per heavy atom. The normalized spacial score (nSPS) is 20.9. The molecule has 0 saturated heterocycles. The maximum Gasteiger partial charge on any atom is 0.336 e. The molecule has 0 aromatic heterocycles. The zero-order chi connectivity index (χ0) is 12.0.